The van der Waals surface area contributed by atoms with Gasteiger partial charge in [-0.05, 0) is 49.9 Å². The number of carbonyl (C=O) groups excluding carboxylic acids is 3. The molecule has 0 aromatic heterocycles. The number of ketones is 1. The van der Waals surface area contributed by atoms with E-state index in [0.29, 0.717) is 18.5 Å². The maximum Gasteiger partial charge on any atom is 0.235 e. The van der Waals surface area contributed by atoms with Crippen LogP contribution in [0.25, 0.3) is 11.1 Å². The molecule has 0 spiro atoms. The Morgan fingerprint density at radius 1 is 1.06 bits per heavy atom. The largest absolute Gasteiger partial charge is 0.369 e. The van der Waals surface area contributed by atoms with E-state index in [0.717, 1.165) is 42.3 Å². The molecule has 174 valence electrons. The molecule has 1 heterocycles. The zero-order valence-corrected chi connectivity index (χ0v) is 19.8. The Morgan fingerprint density at radius 2 is 1.79 bits per heavy atom. The van der Waals surface area contributed by atoms with E-state index in [1.807, 2.05) is 54.6 Å². The topological polar surface area (TPSA) is 114 Å². The molecule has 3 rings (SSSR count). The van der Waals surface area contributed by atoms with E-state index < -0.39 is 22.6 Å². The second-order valence-electron chi connectivity index (χ2n) is 8.59. The van der Waals surface area contributed by atoms with E-state index in [9.17, 15) is 14.4 Å². The maximum atomic E-state index is 13.5. The maximum absolute atomic E-state index is 13.5. The first kappa shape index (κ1) is 24.6. The van der Waals surface area contributed by atoms with Crippen LogP contribution in [0.3, 0.4) is 0 Å². The van der Waals surface area contributed by atoms with Gasteiger partial charge >= 0.3 is 0 Å². The summed E-state index contributed by atoms with van der Waals surface area (Å²) in [6.07, 6.45) is 3.36. The molecule has 8 heteroatoms. The molecule has 2 aromatic rings. The SMILES string of the molecule is CC(=O)CCCCC[C@H](C(=O)Nc1cccc(-c2ccccc2)c1)C1(C)N=NSC1C(N)=O. The minimum absolute atomic E-state index is 0.157. The van der Waals surface area contributed by atoms with Gasteiger partial charge in [0.1, 0.15) is 16.6 Å². The van der Waals surface area contributed by atoms with Gasteiger partial charge in [0.15, 0.2) is 0 Å². The fraction of sp³-hybridized carbons (Fsp3) is 0.400. The van der Waals surface area contributed by atoms with E-state index >= 15 is 0 Å². The van der Waals surface area contributed by atoms with E-state index in [-0.39, 0.29) is 11.7 Å². The van der Waals surface area contributed by atoms with Gasteiger partial charge in [0.05, 0.1) is 5.92 Å². The van der Waals surface area contributed by atoms with E-state index in [4.69, 9.17) is 5.73 Å². The molecule has 0 radical (unpaired) electrons. The van der Waals surface area contributed by atoms with E-state index in [2.05, 4.69) is 15.0 Å². The molecule has 7 nitrogen and oxygen atoms in total. The van der Waals surface area contributed by atoms with Gasteiger partial charge in [-0.3, -0.25) is 9.59 Å². The van der Waals surface area contributed by atoms with Gasteiger partial charge in [0, 0.05) is 24.1 Å². The number of nitrogens with two attached hydrogens (primary N) is 1. The van der Waals surface area contributed by atoms with Crippen LogP contribution in [0.1, 0.15) is 46.0 Å². The standard InChI is InChI=1S/C25H30N4O3S/c1-17(30)10-5-3-8-15-21(25(2)22(23(26)31)33-29-28-25)24(32)27-20-14-9-13-19(16-20)18-11-6-4-7-12-18/h4,6-7,9,11-14,16,21-22H,3,5,8,10,15H2,1-2H3,(H2,26,31)(H,27,32)/t21-,22?,25?/m1/s1. The first-order valence-electron chi connectivity index (χ1n) is 11.1. The Morgan fingerprint density at radius 3 is 2.48 bits per heavy atom. The van der Waals surface area contributed by atoms with Crippen molar-refractivity contribution in [1.82, 2.24) is 0 Å². The first-order chi connectivity index (χ1) is 15.8. The lowest BCUT2D eigenvalue weighted by Gasteiger charge is -2.32. The van der Waals surface area contributed by atoms with Gasteiger partial charge in [0.2, 0.25) is 11.8 Å². The average molecular weight is 467 g/mol. The summed E-state index contributed by atoms with van der Waals surface area (Å²) in [5.41, 5.74) is 7.30. The highest BCUT2D eigenvalue weighted by Gasteiger charge is 2.51. The van der Waals surface area contributed by atoms with Crippen LogP contribution in [0.4, 0.5) is 5.69 Å². The minimum Gasteiger partial charge on any atom is -0.369 e. The number of unbranched alkanes of at least 4 members (excludes halogenated alkanes) is 2. The molecule has 0 saturated carbocycles. The van der Waals surface area contributed by atoms with Gasteiger partial charge in [0.25, 0.3) is 0 Å². The summed E-state index contributed by atoms with van der Waals surface area (Å²) in [5.74, 6) is -1.19. The van der Waals surface area contributed by atoms with Crippen molar-refractivity contribution >= 4 is 35.2 Å². The smallest absolute Gasteiger partial charge is 0.235 e. The monoisotopic (exact) mass is 466 g/mol. The van der Waals surface area contributed by atoms with Crippen molar-refractivity contribution in [3.05, 3.63) is 54.6 Å². The van der Waals surface area contributed by atoms with Crippen molar-refractivity contribution in [2.24, 2.45) is 21.3 Å². The molecule has 2 amide bonds. The number of hydrogen-bond acceptors (Lipinski definition) is 6. The van der Waals surface area contributed by atoms with Crippen LogP contribution in [-0.4, -0.2) is 28.4 Å². The number of nitrogens with one attached hydrogen (secondary N) is 1. The van der Waals surface area contributed by atoms with Gasteiger partial charge in [-0.15, -0.1) is 4.52 Å². The third-order valence-corrected chi connectivity index (χ3v) is 7.08. The predicted octanol–water partition coefficient (Wildman–Crippen LogP) is 5.17. The third kappa shape index (κ3) is 6.28. The number of anilines is 1. The summed E-state index contributed by atoms with van der Waals surface area (Å²) in [7, 11) is 0. The zero-order valence-electron chi connectivity index (χ0n) is 19.0. The molecule has 2 aromatic carbocycles. The van der Waals surface area contributed by atoms with Crippen LogP contribution < -0.4 is 11.1 Å². The molecule has 1 aliphatic rings. The molecule has 33 heavy (non-hydrogen) atoms. The summed E-state index contributed by atoms with van der Waals surface area (Å²) in [6, 6.07) is 17.6. The van der Waals surface area contributed by atoms with Crippen LogP contribution in [0.2, 0.25) is 0 Å². The second-order valence-corrected chi connectivity index (χ2v) is 9.43. The van der Waals surface area contributed by atoms with Gasteiger partial charge in [-0.1, -0.05) is 55.3 Å². The number of benzene rings is 2. The highest BCUT2D eigenvalue weighted by atomic mass is 32.2. The fourth-order valence-electron chi connectivity index (χ4n) is 4.13. The number of Topliss-reactive ketones (excluding diaryl/α,β-unsaturated/α-hetero) is 1. The Labute approximate surface area is 198 Å². The quantitative estimate of drug-likeness (QED) is 0.351. The number of primary amides is 1. The van der Waals surface area contributed by atoms with Crippen LogP contribution >= 0.6 is 11.9 Å². The summed E-state index contributed by atoms with van der Waals surface area (Å²) < 4.78 is 3.99. The number of rotatable bonds is 11. The molecule has 3 atom stereocenters. The number of hydrogen-bond donors (Lipinski definition) is 2. The number of nitrogens with zero attached hydrogens (tertiary/aromatic N) is 2. The molecule has 0 bridgehead atoms. The van der Waals surface area contributed by atoms with E-state index in [1.54, 1.807) is 13.8 Å². The Bertz CT molecular complexity index is 1030. The van der Waals surface area contributed by atoms with Crippen LogP contribution in [-0.2, 0) is 14.4 Å². The second kappa shape index (κ2) is 11.2. The van der Waals surface area contributed by atoms with Gasteiger partial charge in [-0.2, -0.15) is 5.11 Å². The summed E-state index contributed by atoms with van der Waals surface area (Å²) in [4.78, 5) is 36.7. The Balaban J connectivity index is 1.78. The Hall–Kier alpha value is -3.00. The summed E-state index contributed by atoms with van der Waals surface area (Å²) in [6.45, 7) is 3.35. The number of amides is 2. The lowest BCUT2D eigenvalue weighted by molar-refractivity contribution is -0.124. The van der Waals surface area contributed by atoms with Crippen molar-refractivity contribution in [3.63, 3.8) is 0 Å². The highest BCUT2D eigenvalue weighted by molar-refractivity contribution is 7.99. The van der Waals surface area contributed by atoms with Crippen molar-refractivity contribution in [1.29, 1.82) is 0 Å². The molecule has 0 saturated heterocycles. The molecule has 0 fully saturated rings. The first-order valence-corrected chi connectivity index (χ1v) is 12.0. The summed E-state index contributed by atoms with van der Waals surface area (Å²) in [5, 5.41) is 6.61. The van der Waals surface area contributed by atoms with E-state index in [1.165, 1.54) is 0 Å². The van der Waals surface area contributed by atoms with Crippen molar-refractivity contribution in [2.45, 2.75) is 56.7 Å². The zero-order chi connectivity index (χ0) is 23.8. The van der Waals surface area contributed by atoms with Crippen molar-refractivity contribution in [3.8, 4) is 11.1 Å². The Kier molecular flexibility index (Phi) is 8.38. The van der Waals surface area contributed by atoms with Crippen LogP contribution in [0, 0.1) is 5.92 Å². The predicted molar refractivity (Wildman–Crippen MR) is 132 cm³/mol. The fourth-order valence-corrected chi connectivity index (χ4v) is 4.98. The summed E-state index contributed by atoms with van der Waals surface area (Å²) >= 11 is 1.02. The van der Waals surface area contributed by atoms with Crippen LogP contribution in [0.5, 0.6) is 0 Å². The van der Waals surface area contributed by atoms with Gasteiger partial charge < -0.3 is 15.8 Å². The lowest BCUT2D eigenvalue weighted by Crippen LogP contribution is -2.51. The molecule has 3 N–H and O–H groups in total. The molecule has 2 unspecified atom stereocenters. The average Bonchev–Trinajstić information content (AvgIpc) is 3.19. The third-order valence-electron chi connectivity index (χ3n) is 5.98. The van der Waals surface area contributed by atoms with Crippen molar-refractivity contribution < 1.29 is 14.4 Å². The van der Waals surface area contributed by atoms with Crippen molar-refractivity contribution in [2.75, 3.05) is 5.32 Å². The molecular formula is C25H30N4O3S. The minimum atomic E-state index is -1.03. The number of carbonyl (C=O) groups is 3. The van der Waals surface area contributed by atoms with Crippen LogP contribution in [0.15, 0.2) is 64.2 Å². The van der Waals surface area contributed by atoms with Gasteiger partial charge in [-0.25, -0.2) is 0 Å². The molecule has 0 aliphatic carbocycles. The molecular weight excluding hydrogens is 436 g/mol. The normalized spacial score (nSPS) is 20.4. The lowest BCUT2D eigenvalue weighted by atomic mass is 9.78. The molecule has 1 aliphatic heterocycles. The highest BCUT2D eigenvalue weighted by Crippen LogP contribution is 2.43.